The zero-order valence-corrected chi connectivity index (χ0v) is 26.6. The van der Waals surface area contributed by atoms with Gasteiger partial charge in [0.1, 0.15) is 5.75 Å². The SMILES string of the molecule is CC(C)Oc1ccccc1N1CCN(Cc2cccc(C(=O)N3CCc4ccc(N(S)C(=O)Nc5ccccc5)cc43)c2)CC1. The smallest absolute Gasteiger partial charge is 0.336 e. The minimum absolute atomic E-state index is 0.0428. The summed E-state index contributed by atoms with van der Waals surface area (Å²) in [6.07, 6.45) is 0.891. The normalized spacial score (nSPS) is 14.8. The highest BCUT2D eigenvalue weighted by Gasteiger charge is 2.28. The first-order valence-corrected chi connectivity index (χ1v) is 15.9. The van der Waals surface area contributed by atoms with E-state index in [0.29, 0.717) is 23.5 Å². The molecular formula is C36H39N5O3S. The molecule has 0 atom stereocenters. The molecule has 9 heteroatoms. The molecule has 3 amide bonds. The molecule has 2 aliphatic heterocycles. The molecule has 6 rings (SSSR count). The number of carbonyl (C=O) groups excluding carboxylic acids is 2. The van der Waals surface area contributed by atoms with E-state index in [1.54, 1.807) is 0 Å². The largest absolute Gasteiger partial charge is 0.489 e. The molecule has 232 valence electrons. The van der Waals surface area contributed by atoms with Gasteiger partial charge in [-0.25, -0.2) is 9.10 Å². The maximum Gasteiger partial charge on any atom is 0.336 e. The molecule has 0 unspecified atom stereocenters. The van der Waals surface area contributed by atoms with Gasteiger partial charge in [-0.1, -0.05) is 61.3 Å². The predicted molar refractivity (Wildman–Crippen MR) is 185 cm³/mol. The van der Waals surface area contributed by atoms with Crippen molar-refractivity contribution in [1.82, 2.24) is 4.90 Å². The lowest BCUT2D eigenvalue weighted by Gasteiger charge is -2.37. The van der Waals surface area contributed by atoms with Gasteiger partial charge < -0.3 is 19.9 Å². The number of thiol groups is 1. The first kappa shape index (κ1) is 30.6. The van der Waals surface area contributed by atoms with E-state index in [0.717, 1.165) is 67.4 Å². The van der Waals surface area contributed by atoms with Crippen molar-refractivity contribution < 1.29 is 14.3 Å². The second-order valence-corrected chi connectivity index (χ2v) is 12.1. The summed E-state index contributed by atoms with van der Waals surface area (Å²) in [6, 6.07) is 30.8. The van der Waals surface area contributed by atoms with Gasteiger partial charge in [0.15, 0.2) is 0 Å². The monoisotopic (exact) mass is 621 g/mol. The number of urea groups is 1. The topological polar surface area (TPSA) is 68.4 Å². The molecule has 0 radical (unpaired) electrons. The van der Waals surface area contributed by atoms with Gasteiger partial charge in [0.2, 0.25) is 0 Å². The Bertz CT molecular complexity index is 1660. The zero-order valence-electron chi connectivity index (χ0n) is 25.7. The van der Waals surface area contributed by atoms with Crippen LogP contribution in [0.15, 0.2) is 97.1 Å². The van der Waals surface area contributed by atoms with Crippen molar-refractivity contribution in [3.8, 4) is 5.75 Å². The Hall–Kier alpha value is -4.47. The number of hydrogen-bond acceptors (Lipinski definition) is 6. The molecule has 1 N–H and O–H groups in total. The van der Waals surface area contributed by atoms with Gasteiger partial charge in [0, 0.05) is 56.2 Å². The van der Waals surface area contributed by atoms with Gasteiger partial charge in [-0.3, -0.25) is 9.69 Å². The maximum absolute atomic E-state index is 13.8. The average Bonchev–Trinajstić information content (AvgIpc) is 3.48. The molecule has 0 bridgehead atoms. The van der Waals surface area contributed by atoms with Crippen LogP contribution in [0.25, 0.3) is 0 Å². The first-order chi connectivity index (χ1) is 21.9. The minimum atomic E-state index is -0.373. The quantitative estimate of drug-likeness (QED) is 0.210. The number of piperazine rings is 1. The fourth-order valence-corrected chi connectivity index (χ4v) is 6.14. The van der Waals surface area contributed by atoms with Gasteiger partial charge in [0.25, 0.3) is 5.91 Å². The van der Waals surface area contributed by atoms with Crippen LogP contribution in [0.4, 0.5) is 27.5 Å². The highest BCUT2D eigenvalue weighted by atomic mass is 32.1. The predicted octanol–water partition coefficient (Wildman–Crippen LogP) is 6.88. The van der Waals surface area contributed by atoms with E-state index in [1.807, 2.05) is 83.8 Å². The maximum atomic E-state index is 13.8. The van der Waals surface area contributed by atoms with Crippen LogP contribution in [-0.2, 0) is 13.0 Å². The number of carbonyl (C=O) groups is 2. The van der Waals surface area contributed by atoms with E-state index in [4.69, 9.17) is 4.74 Å². The number of nitrogens with one attached hydrogen (secondary N) is 1. The minimum Gasteiger partial charge on any atom is -0.489 e. The van der Waals surface area contributed by atoms with Crippen molar-refractivity contribution in [3.63, 3.8) is 0 Å². The molecule has 0 aliphatic carbocycles. The third kappa shape index (κ3) is 7.10. The summed E-state index contributed by atoms with van der Waals surface area (Å²) in [5.41, 5.74) is 6.09. The number of hydrogen-bond donors (Lipinski definition) is 2. The van der Waals surface area contributed by atoms with Crippen molar-refractivity contribution in [2.45, 2.75) is 32.9 Å². The summed E-state index contributed by atoms with van der Waals surface area (Å²) in [7, 11) is 0. The molecule has 0 aromatic heterocycles. The number of benzene rings is 4. The summed E-state index contributed by atoms with van der Waals surface area (Å²) in [4.78, 5) is 33.3. The summed E-state index contributed by atoms with van der Waals surface area (Å²) in [6.45, 7) is 9.15. The zero-order chi connectivity index (χ0) is 31.3. The molecule has 1 saturated heterocycles. The van der Waals surface area contributed by atoms with Gasteiger partial charge in [-0.05, 0) is 79.9 Å². The van der Waals surface area contributed by atoms with Crippen LogP contribution in [0.3, 0.4) is 0 Å². The standard InChI is InChI=1S/C36H39N5O3S/c1-26(2)44-34-14-7-6-13-32(34)39-21-19-38(20-22-39)25-27-9-8-10-29(23-27)35(42)40-18-17-28-15-16-31(24-33(28)40)41(45)36(43)37-30-11-4-3-5-12-30/h3-16,23-24,26,45H,17-22,25H2,1-2H3,(H,37,43). The molecule has 45 heavy (non-hydrogen) atoms. The Morgan fingerprint density at radius 1 is 0.844 bits per heavy atom. The van der Waals surface area contributed by atoms with Crippen LogP contribution in [0.5, 0.6) is 5.75 Å². The van der Waals surface area contributed by atoms with Crippen LogP contribution in [0.2, 0.25) is 0 Å². The van der Waals surface area contributed by atoms with Crippen molar-refractivity contribution in [2.75, 3.05) is 52.1 Å². The Kier molecular flexibility index (Phi) is 9.28. The second kappa shape index (κ2) is 13.7. The van der Waals surface area contributed by atoms with E-state index in [2.05, 4.69) is 60.0 Å². The summed E-state index contributed by atoms with van der Waals surface area (Å²) < 4.78 is 7.32. The second-order valence-electron chi connectivity index (χ2n) is 11.7. The van der Waals surface area contributed by atoms with Gasteiger partial charge in [-0.2, -0.15) is 0 Å². The molecule has 0 saturated carbocycles. The van der Waals surface area contributed by atoms with Crippen LogP contribution in [0, 0.1) is 0 Å². The molecule has 4 aromatic carbocycles. The lowest BCUT2D eigenvalue weighted by atomic mass is 10.1. The van der Waals surface area contributed by atoms with Gasteiger partial charge in [0.05, 0.1) is 17.5 Å². The highest BCUT2D eigenvalue weighted by Crippen LogP contribution is 2.34. The number of anilines is 4. The number of amides is 3. The molecule has 8 nitrogen and oxygen atoms in total. The van der Waals surface area contributed by atoms with E-state index < -0.39 is 0 Å². The number of nitrogens with zero attached hydrogens (tertiary/aromatic N) is 4. The summed E-state index contributed by atoms with van der Waals surface area (Å²) in [5.74, 6) is 0.888. The van der Waals surface area contributed by atoms with Gasteiger partial charge in [-0.15, -0.1) is 0 Å². The number of ether oxygens (including phenoxy) is 1. The van der Waals surface area contributed by atoms with Crippen LogP contribution in [-0.4, -0.2) is 55.7 Å². The van der Waals surface area contributed by atoms with Crippen LogP contribution < -0.4 is 24.2 Å². The Morgan fingerprint density at radius 3 is 2.38 bits per heavy atom. The summed E-state index contributed by atoms with van der Waals surface area (Å²) in [5, 5.41) is 2.84. The first-order valence-electron chi connectivity index (χ1n) is 15.5. The third-order valence-electron chi connectivity index (χ3n) is 8.19. The summed E-state index contributed by atoms with van der Waals surface area (Å²) >= 11 is 4.46. The van der Waals surface area contributed by atoms with E-state index in [9.17, 15) is 9.59 Å². The Morgan fingerprint density at radius 2 is 1.60 bits per heavy atom. The van der Waals surface area contributed by atoms with Crippen molar-refractivity contribution in [2.24, 2.45) is 0 Å². The Labute approximate surface area is 270 Å². The number of para-hydroxylation sites is 3. The fraction of sp³-hybridized carbons (Fsp3) is 0.278. The van der Waals surface area contributed by atoms with E-state index in [1.165, 1.54) is 4.31 Å². The van der Waals surface area contributed by atoms with Crippen LogP contribution in [0.1, 0.15) is 35.3 Å². The Balaban J connectivity index is 1.10. The lowest BCUT2D eigenvalue weighted by molar-refractivity contribution is 0.0989. The lowest BCUT2D eigenvalue weighted by Crippen LogP contribution is -2.46. The molecule has 0 spiro atoms. The van der Waals surface area contributed by atoms with Crippen molar-refractivity contribution in [3.05, 3.63) is 114 Å². The number of fused-ring (bicyclic) bond motifs is 1. The number of rotatable bonds is 8. The molecule has 2 heterocycles. The molecule has 4 aromatic rings. The average molecular weight is 622 g/mol. The van der Waals surface area contributed by atoms with Crippen molar-refractivity contribution in [1.29, 1.82) is 0 Å². The van der Waals surface area contributed by atoms with Crippen molar-refractivity contribution >= 4 is 47.5 Å². The van der Waals surface area contributed by atoms with E-state index in [-0.39, 0.29) is 18.0 Å². The highest BCUT2D eigenvalue weighted by molar-refractivity contribution is 7.82. The third-order valence-corrected chi connectivity index (χ3v) is 8.61. The molecular weight excluding hydrogens is 582 g/mol. The van der Waals surface area contributed by atoms with Crippen LogP contribution >= 0.6 is 12.8 Å². The van der Waals surface area contributed by atoms with E-state index >= 15 is 0 Å². The molecule has 1 fully saturated rings. The van der Waals surface area contributed by atoms with Gasteiger partial charge >= 0.3 is 6.03 Å². The molecule has 2 aliphatic rings. The fourth-order valence-electron chi connectivity index (χ4n) is 5.96.